The van der Waals surface area contributed by atoms with E-state index in [1.54, 1.807) is 6.92 Å². The molecule has 4 aliphatic carbocycles. The normalized spacial score (nSPS) is 46.9. The average Bonchev–Trinajstić information content (AvgIpc) is 2.14. The van der Waals surface area contributed by atoms with E-state index in [2.05, 4.69) is 6.58 Å². The highest BCUT2D eigenvalue weighted by Gasteiger charge is 2.52. The lowest BCUT2D eigenvalue weighted by Crippen LogP contribution is -2.47. The maximum absolute atomic E-state index is 11.6. The first kappa shape index (κ1) is 9.62. The van der Waals surface area contributed by atoms with Gasteiger partial charge in [-0.15, -0.1) is 0 Å². The Morgan fingerprint density at radius 2 is 1.47 bits per heavy atom. The Bertz CT molecular complexity index is 291. The van der Waals surface area contributed by atoms with Gasteiger partial charge in [0.15, 0.2) is 5.78 Å². The van der Waals surface area contributed by atoms with Gasteiger partial charge in [-0.3, -0.25) is 4.79 Å². The highest BCUT2D eigenvalue weighted by Crippen LogP contribution is 2.62. The highest BCUT2D eigenvalue weighted by atomic mass is 16.1. The van der Waals surface area contributed by atoms with Crippen LogP contribution in [0.25, 0.3) is 0 Å². The van der Waals surface area contributed by atoms with Crippen LogP contribution in [0.1, 0.15) is 45.4 Å². The van der Waals surface area contributed by atoms with E-state index in [1.165, 1.54) is 38.5 Å². The van der Waals surface area contributed by atoms with E-state index in [4.69, 9.17) is 0 Å². The molecule has 4 rings (SSSR count). The number of rotatable bonds is 2. The summed E-state index contributed by atoms with van der Waals surface area (Å²) in [5.74, 6) is 2.96. The maximum Gasteiger partial charge on any atom is 0.155 e. The predicted molar refractivity (Wildman–Crippen MR) is 60.4 cm³/mol. The van der Waals surface area contributed by atoms with Gasteiger partial charge in [-0.05, 0) is 74.2 Å². The van der Waals surface area contributed by atoms with E-state index in [1.807, 2.05) is 0 Å². The van der Waals surface area contributed by atoms with Gasteiger partial charge >= 0.3 is 0 Å². The fraction of sp³-hybridized carbons (Fsp3) is 0.786. The second-order valence-electron chi connectivity index (χ2n) is 6.23. The number of carbonyl (C=O) groups is 1. The second-order valence-corrected chi connectivity index (χ2v) is 6.23. The molecule has 4 aliphatic rings. The number of hydrogen-bond donors (Lipinski definition) is 0. The van der Waals surface area contributed by atoms with Crippen molar-refractivity contribution in [3.05, 3.63) is 12.2 Å². The molecule has 15 heavy (non-hydrogen) atoms. The maximum atomic E-state index is 11.6. The van der Waals surface area contributed by atoms with Crippen LogP contribution < -0.4 is 0 Å². The van der Waals surface area contributed by atoms with Crippen LogP contribution in [0.4, 0.5) is 0 Å². The van der Waals surface area contributed by atoms with Crippen molar-refractivity contribution in [3.8, 4) is 0 Å². The molecular weight excluding hydrogens is 184 g/mol. The summed E-state index contributed by atoms with van der Waals surface area (Å²) in [7, 11) is 0. The van der Waals surface area contributed by atoms with E-state index >= 15 is 0 Å². The number of ketones is 1. The SMILES string of the molecule is C=C(C(C)=O)C12CC3CC(CC(C3)C1)C2. The number of hydrogen-bond acceptors (Lipinski definition) is 1. The standard InChI is InChI=1S/C14H20O/c1-9(10(2)15)14-6-11-3-12(7-14)5-13(4-11)8-14/h11-13H,1,3-8H2,2H3. The zero-order valence-electron chi connectivity index (χ0n) is 9.59. The molecule has 0 unspecified atom stereocenters. The molecule has 1 nitrogen and oxygen atoms in total. The fourth-order valence-electron chi connectivity index (χ4n) is 4.85. The molecule has 4 saturated carbocycles. The van der Waals surface area contributed by atoms with Gasteiger partial charge in [0, 0.05) is 0 Å². The van der Waals surface area contributed by atoms with Crippen molar-refractivity contribution in [2.75, 3.05) is 0 Å². The summed E-state index contributed by atoms with van der Waals surface area (Å²) < 4.78 is 0. The van der Waals surface area contributed by atoms with Crippen molar-refractivity contribution in [1.82, 2.24) is 0 Å². The zero-order chi connectivity index (χ0) is 10.6. The fourth-order valence-corrected chi connectivity index (χ4v) is 4.85. The summed E-state index contributed by atoms with van der Waals surface area (Å²) >= 11 is 0. The molecule has 4 fully saturated rings. The molecule has 0 amide bonds. The van der Waals surface area contributed by atoms with Crippen molar-refractivity contribution in [1.29, 1.82) is 0 Å². The zero-order valence-corrected chi connectivity index (χ0v) is 9.59. The minimum absolute atomic E-state index is 0.233. The van der Waals surface area contributed by atoms with Crippen LogP contribution in [0, 0.1) is 23.2 Å². The minimum Gasteiger partial charge on any atom is -0.295 e. The number of Topliss-reactive ketones (excluding diaryl/α,β-unsaturated/α-hetero) is 1. The average molecular weight is 204 g/mol. The molecule has 0 N–H and O–H groups in total. The largest absolute Gasteiger partial charge is 0.295 e. The molecule has 0 spiro atoms. The third-order valence-corrected chi connectivity index (χ3v) is 5.10. The van der Waals surface area contributed by atoms with Crippen molar-refractivity contribution in [2.45, 2.75) is 45.4 Å². The van der Waals surface area contributed by atoms with Crippen LogP contribution in [-0.4, -0.2) is 5.78 Å². The van der Waals surface area contributed by atoms with Crippen molar-refractivity contribution >= 4 is 5.78 Å². The summed E-state index contributed by atoms with van der Waals surface area (Å²) in [4.78, 5) is 11.6. The van der Waals surface area contributed by atoms with E-state index < -0.39 is 0 Å². The third kappa shape index (κ3) is 1.32. The molecule has 0 aromatic carbocycles. The van der Waals surface area contributed by atoms with E-state index in [0.717, 1.165) is 23.3 Å². The van der Waals surface area contributed by atoms with Crippen LogP contribution in [0.3, 0.4) is 0 Å². The molecular formula is C14H20O. The Morgan fingerprint density at radius 3 is 1.80 bits per heavy atom. The van der Waals surface area contributed by atoms with E-state index in [-0.39, 0.29) is 11.2 Å². The first-order valence-corrected chi connectivity index (χ1v) is 6.29. The topological polar surface area (TPSA) is 17.1 Å². The van der Waals surface area contributed by atoms with E-state index in [9.17, 15) is 4.79 Å². The monoisotopic (exact) mass is 204 g/mol. The van der Waals surface area contributed by atoms with Crippen LogP contribution in [0.5, 0.6) is 0 Å². The van der Waals surface area contributed by atoms with Crippen molar-refractivity contribution in [2.24, 2.45) is 23.2 Å². The summed E-state index contributed by atoms with van der Waals surface area (Å²) in [5, 5.41) is 0. The summed E-state index contributed by atoms with van der Waals surface area (Å²) in [6.45, 7) is 5.79. The molecule has 0 saturated heterocycles. The van der Waals surface area contributed by atoms with Gasteiger partial charge in [0.05, 0.1) is 0 Å². The van der Waals surface area contributed by atoms with Gasteiger partial charge in [-0.1, -0.05) is 6.58 Å². The first-order chi connectivity index (χ1) is 7.09. The third-order valence-electron chi connectivity index (χ3n) is 5.10. The molecule has 82 valence electrons. The van der Waals surface area contributed by atoms with Crippen LogP contribution in [-0.2, 0) is 4.79 Å². The molecule has 0 aromatic heterocycles. The van der Waals surface area contributed by atoms with E-state index in [0.29, 0.717) is 0 Å². The van der Waals surface area contributed by atoms with Gasteiger partial charge in [0.2, 0.25) is 0 Å². The lowest BCUT2D eigenvalue weighted by atomic mass is 9.47. The Kier molecular flexibility index (Phi) is 1.90. The summed E-state index contributed by atoms with van der Waals surface area (Å²) in [5.41, 5.74) is 1.18. The molecule has 0 atom stereocenters. The Morgan fingerprint density at radius 1 is 1.07 bits per heavy atom. The minimum atomic E-state index is 0.233. The lowest BCUT2D eigenvalue weighted by Gasteiger charge is -2.57. The Labute approximate surface area is 91.9 Å². The summed E-state index contributed by atoms with van der Waals surface area (Å²) in [6.07, 6.45) is 8.09. The van der Waals surface area contributed by atoms with Crippen LogP contribution in [0.15, 0.2) is 12.2 Å². The van der Waals surface area contributed by atoms with Gasteiger partial charge in [-0.2, -0.15) is 0 Å². The van der Waals surface area contributed by atoms with Crippen LogP contribution in [0.2, 0.25) is 0 Å². The van der Waals surface area contributed by atoms with Gasteiger partial charge in [0.25, 0.3) is 0 Å². The van der Waals surface area contributed by atoms with Crippen molar-refractivity contribution < 1.29 is 4.79 Å². The predicted octanol–water partition coefficient (Wildman–Crippen LogP) is 3.35. The summed E-state index contributed by atoms with van der Waals surface area (Å²) in [6, 6.07) is 0. The molecule has 0 radical (unpaired) electrons. The van der Waals surface area contributed by atoms with Gasteiger partial charge in [0.1, 0.15) is 0 Å². The first-order valence-electron chi connectivity index (χ1n) is 6.29. The number of allylic oxidation sites excluding steroid dienone is 1. The Balaban J connectivity index is 1.93. The lowest BCUT2D eigenvalue weighted by molar-refractivity contribution is -0.117. The molecule has 0 aromatic rings. The number of carbonyl (C=O) groups excluding carboxylic acids is 1. The van der Waals surface area contributed by atoms with Gasteiger partial charge < -0.3 is 0 Å². The van der Waals surface area contributed by atoms with Crippen LogP contribution >= 0.6 is 0 Å². The molecule has 1 heteroatoms. The molecule has 0 aliphatic heterocycles. The van der Waals surface area contributed by atoms with Crippen molar-refractivity contribution in [3.63, 3.8) is 0 Å². The second kappa shape index (κ2) is 2.96. The smallest absolute Gasteiger partial charge is 0.155 e. The molecule has 0 heterocycles. The Hall–Kier alpha value is -0.590. The van der Waals surface area contributed by atoms with Gasteiger partial charge in [-0.25, -0.2) is 0 Å². The quantitative estimate of drug-likeness (QED) is 0.630. The highest BCUT2D eigenvalue weighted by molar-refractivity contribution is 5.94. The molecule has 4 bridgehead atoms.